The highest BCUT2D eigenvalue weighted by Gasteiger charge is 2.55. The third-order valence-corrected chi connectivity index (χ3v) is 6.02. The second-order valence-corrected chi connectivity index (χ2v) is 7.33. The second-order valence-electron chi connectivity index (χ2n) is 7.33. The van der Waals surface area contributed by atoms with Crippen LogP contribution in [0.25, 0.3) is 0 Å². The zero-order chi connectivity index (χ0) is 14.4. The first kappa shape index (κ1) is 13.8. The molecule has 0 amide bonds. The zero-order valence-electron chi connectivity index (χ0n) is 13.3. The van der Waals surface area contributed by atoms with Gasteiger partial charge in [0.15, 0.2) is 0 Å². The van der Waals surface area contributed by atoms with Crippen LogP contribution in [0, 0.1) is 17.8 Å². The van der Waals surface area contributed by atoms with Crippen LogP contribution in [-0.2, 0) is 17.6 Å². The van der Waals surface area contributed by atoms with Crippen LogP contribution >= 0.6 is 0 Å². The molecule has 2 heteroatoms. The Morgan fingerprint density at radius 3 is 2.24 bits per heavy atom. The molecule has 3 aliphatic rings. The summed E-state index contributed by atoms with van der Waals surface area (Å²) in [5.74, 6) is 3.03. The predicted molar refractivity (Wildman–Crippen MR) is 85.4 cm³/mol. The molecule has 1 aromatic carbocycles. The molecular weight excluding hydrogens is 258 g/mol. The van der Waals surface area contributed by atoms with Crippen molar-refractivity contribution in [2.45, 2.75) is 38.7 Å². The van der Waals surface area contributed by atoms with Gasteiger partial charge in [-0.15, -0.1) is 0 Å². The van der Waals surface area contributed by atoms with Crippen LogP contribution in [0.15, 0.2) is 24.3 Å². The van der Waals surface area contributed by atoms with Gasteiger partial charge in [-0.3, -0.25) is 4.90 Å². The molecule has 1 aromatic rings. The summed E-state index contributed by atoms with van der Waals surface area (Å²) in [5, 5.41) is 0. The fraction of sp³-hybridized carbons (Fsp3) is 0.684. The van der Waals surface area contributed by atoms with Crippen molar-refractivity contribution in [1.29, 1.82) is 0 Å². The lowest BCUT2D eigenvalue weighted by atomic mass is 9.98. The fourth-order valence-corrected chi connectivity index (χ4v) is 5.10. The molecule has 1 saturated carbocycles. The van der Waals surface area contributed by atoms with E-state index in [1.54, 1.807) is 0 Å². The van der Waals surface area contributed by atoms with E-state index in [9.17, 15) is 0 Å². The Hall–Kier alpha value is -0.860. The van der Waals surface area contributed by atoms with Gasteiger partial charge in [-0.25, -0.2) is 0 Å². The standard InChI is InChI=1S/C19H27NO/c1-3-16-17-11-20(12-18(16)17)13-19(21-4-2)9-14-7-5-6-8-15(14)10-19/h5-8,16-18H,3-4,9-13H2,1-2H3. The molecule has 114 valence electrons. The molecule has 0 bridgehead atoms. The summed E-state index contributed by atoms with van der Waals surface area (Å²) in [6.45, 7) is 9.07. The Labute approximate surface area is 128 Å². The average molecular weight is 285 g/mol. The van der Waals surface area contributed by atoms with Crippen molar-refractivity contribution in [1.82, 2.24) is 4.90 Å². The number of hydrogen-bond acceptors (Lipinski definition) is 2. The molecule has 2 nitrogen and oxygen atoms in total. The Kier molecular flexibility index (Phi) is 3.35. The third kappa shape index (κ3) is 2.33. The van der Waals surface area contributed by atoms with E-state index in [4.69, 9.17) is 4.74 Å². The smallest absolute Gasteiger partial charge is 0.0888 e. The summed E-state index contributed by atoms with van der Waals surface area (Å²) in [6.07, 6.45) is 3.57. The quantitative estimate of drug-likeness (QED) is 0.824. The normalized spacial score (nSPS) is 33.0. The van der Waals surface area contributed by atoms with Crippen LogP contribution in [-0.4, -0.2) is 36.7 Å². The molecule has 1 heterocycles. The molecule has 21 heavy (non-hydrogen) atoms. The highest BCUT2D eigenvalue weighted by molar-refractivity contribution is 5.35. The minimum absolute atomic E-state index is 0.0386. The molecule has 0 radical (unpaired) electrons. The van der Waals surface area contributed by atoms with Crippen LogP contribution in [0.1, 0.15) is 31.4 Å². The van der Waals surface area contributed by atoms with Gasteiger partial charge in [0.25, 0.3) is 0 Å². The van der Waals surface area contributed by atoms with Crippen molar-refractivity contribution in [2.75, 3.05) is 26.2 Å². The van der Waals surface area contributed by atoms with Crippen molar-refractivity contribution in [3.8, 4) is 0 Å². The summed E-state index contributed by atoms with van der Waals surface area (Å²) < 4.78 is 6.30. The van der Waals surface area contributed by atoms with E-state index in [-0.39, 0.29) is 5.60 Å². The zero-order valence-corrected chi connectivity index (χ0v) is 13.3. The van der Waals surface area contributed by atoms with E-state index in [0.29, 0.717) is 0 Å². The average Bonchev–Trinajstić information content (AvgIpc) is 2.83. The summed E-state index contributed by atoms with van der Waals surface area (Å²) in [6, 6.07) is 8.89. The minimum Gasteiger partial charge on any atom is -0.373 e. The van der Waals surface area contributed by atoms with E-state index < -0.39 is 0 Å². The summed E-state index contributed by atoms with van der Waals surface area (Å²) in [5.41, 5.74) is 3.04. The first-order valence-corrected chi connectivity index (χ1v) is 8.68. The maximum Gasteiger partial charge on any atom is 0.0888 e. The number of ether oxygens (including phenoxy) is 1. The number of rotatable bonds is 5. The predicted octanol–water partition coefficient (Wildman–Crippen LogP) is 3.15. The Morgan fingerprint density at radius 1 is 1.10 bits per heavy atom. The first-order valence-electron chi connectivity index (χ1n) is 8.68. The summed E-state index contributed by atoms with van der Waals surface area (Å²) in [7, 11) is 0. The molecule has 1 saturated heterocycles. The number of benzene rings is 1. The van der Waals surface area contributed by atoms with E-state index in [1.165, 1.54) is 30.6 Å². The van der Waals surface area contributed by atoms with E-state index in [1.807, 2.05) is 0 Å². The van der Waals surface area contributed by atoms with Gasteiger partial charge in [-0.05, 0) is 35.8 Å². The number of fused-ring (bicyclic) bond motifs is 2. The Balaban J connectivity index is 1.45. The number of piperidine rings is 1. The van der Waals surface area contributed by atoms with Gasteiger partial charge in [-0.1, -0.05) is 37.6 Å². The maximum atomic E-state index is 6.30. The first-order chi connectivity index (χ1) is 10.2. The van der Waals surface area contributed by atoms with Crippen LogP contribution in [0.4, 0.5) is 0 Å². The van der Waals surface area contributed by atoms with Crippen molar-refractivity contribution in [3.05, 3.63) is 35.4 Å². The van der Waals surface area contributed by atoms with Crippen LogP contribution in [0.5, 0.6) is 0 Å². The number of hydrogen-bond donors (Lipinski definition) is 0. The number of nitrogens with zero attached hydrogens (tertiary/aromatic N) is 1. The van der Waals surface area contributed by atoms with Gasteiger partial charge in [0.2, 0.25) is 0 Å². The van der Waals surface area contributed by atoms with E-state index in [2.05, 4.69) is 43.0 Å². The summed E-state index contributed by atoms with van der Waals surface area (Å²) in [4.78, 5) is 2.68. The van der Waals surface area contributed by atoms with Gasteiger partial charge in [-0.2, -0.15) is 0 Å². The van der Waals surface area contributed by atoms with Crippen LogP contribution in [0.3, 0.4) is 0 Å². The largest absolute Gasteiger partial charge is 0.373 e. The lowest BCUT2D eigenvalue weighted by Gasteiger charge is -2.34. The highest BCUT2D eigenvalue weighted by Crippen LogP contribution is 2.53. The molecule has 1 aliphatic heterocycles. The van der Waals surface area contributed by atoms with E-state index >= 15 is 0 Å². The number of likely N-dealkylation sites (tertiary alicyclic amines) is 1. The van der Waals surface area contributed by atoms with Crippen molar-refractivity contribution in [2.24, 2.45) is 17.8 Å². The van der Waals surface area contributed by atoms with Crippen molar-refractivity contribution < 1.29 is 4.74 Å². The van der Waals surface area contributed by atoms with Gasteiger partial charge in [0, 0.05) is 39.1 Å². The molecule has 0 aromatic heterocycles. The second kappa shape index (κ2) is 5.10. The molecule has 0 spiro atoms. The molecular formula is C19H27NO. The lowest BCUT2D eigenvalue weighted by Crippen LogP contribution is -2.46. The third-order valence-electron chi connectivity index (χ3n) is 6.02. The van der Waals surface area contributed by atoms with E-state index in [0.717, 1.165) is 43.7 Å². The molecule has 2 fully saturated rings. The monoisotopic (exact) mass is 285 g/mol. The highest BCUT2D eigenvalue weighted by atomic mass is 16.5. The molecule has 4 rings (SSSR count). The maximum absolute atomic E-state index is 6.30. The molecule has 0 N–H and O–H groups in total. The fourth-order valence-electron chi connectivity index (χ4n) is 5.10. The van der Waals surface area contributed by atoms with Crippen molar-refractivity contribution >= 4 is 0 Å². The minimum atomic E-state index is 0.0386. The molecule has 2 atom stereocenters. The van der Waals surface area contributed by atoms with Gasteiger partial charge < -0.3 is 4.74 Å². The van der Waals surface area contributed by atoms with Crippen molar-refractivity contribution in [3.63, 3.8) is 0 Å². The topological polar surface area (TPSA) is 12.5 Å². The Morgan fingerprint density at radius 2 is 1.71 bits per heavy atom. The molecule has 2 aliphatic carbocycles. The Bertz CT molecular complexity index is 489. The van der Waals surface area contributed by atoms with Gasteiger partial charge in [0.1, 0.15) is 0 Å². The van der Waals surface area contributed by atoms with Crippen LogP contribution < -0.4 is 0 Å². The van der Waals surface area contributed by atoms with Crippen LogP contribution in [0.2, 0.25) is 0 Å². The van der Waals surface area contributed by atoms with Gasteiger partial charge >= 0.3 is 0 Å². The summed E-state index contributed by atoms with van der Waals surface area (Å²) >= 11 is 0. The SMILES string of the molecule is CCOC1(CN2CC3C(CC)C3C2)Cc2ccccc2C1. The van der Waals surface area contributed by atoms with Gasteiger partial charge in [0.05, 0.1) is 5.60 Å². The molecule has 2 unspecified atom stereocenters. The lowest BCUT2D eigenvalue weighted by molar-refractivity contribution is -0.0525.